The monoisotopic (exact) mass is 505 g/mol. The molecule has 190 valence electrons. The Morgan fingerprint density at radius 3 is 2.31 bits per heavy atom. The second-order valence-corrected chi connectivity index (χ2v) is 11.3. The minimum atomic E-state index is -0.0643. The number of nitrogens with one attached hydrogen (secondary N) is 1. The Balaban J connectivity index is 1.46. The van der Waals surface area contributed by atoms with Crippen molar-refractivity contribution in [3.63, 3.8) is 0 Å². The van der Waals surface area contributed by atoms with Crippen molar-refractivity contribution in [3.8, 4) is 11.3 Å². The summed E-state index contributed by atoms with van der Waals surface area (Å²) in [6, 6.07) is 16.1. The number of anilines is 3. The van der Waals surface area contributed by atoms with E-state index in [1.165, 1.54) is 11.3 Å². The highest BCUT2D eigenvalue weighted by atomic mass is 32.1. The van der Waals surface area contributed by atoms with Gasteiger partial charge in [-0.1, -0.05) is 39.0 Å². The summed E-state index contributed by atoms with van der Waals surface area (Å²) in [6.07, 6.45) is 0. The minimum Gasteiger partial charge on any atom is -0.382 e. The normalized spacial score (nSPS) is 14.0. The van der Waals surface area contributed by atoms with Crippen LogP contribution in [0.15, 0.2) is 53.9 Å². The number of rotatable bonds is 6. The largest absolute Gasteiger partial charge is 0.382 e. The molecule has 1 N–H and O–H groups in total. The number of nitrogens with zero attached hydrogens (tertiary/aromatic N) is 4. The molecule has 0 spiro atoms. The van der Waals surface area contributed by atoms with Crippen molar-refractivity contribution < 1.29 is 9.59 Å². The van der Waals surface area contributed by atoms with Crippen LogP contribution in [0.2, 0.25) is 0 Å². The molecule has 2 aromatic heterocycles. The van der Waals surface area contributed by atoms with E-state index in [-0.39, 0.29) is 17.2 Å². The summed E-state index contributed by atoms with van der Waals surface area (Å²) in [7, 11) is 1.75. The predicted molar refractivity (Wildman–Crippen MR) is 149 cm³/mol. The first kappa shape index (κ1) is 25.7. The molecule has 0 bridgehead atoms. The lowest BCUT2D eigenvalue weighted by atomic mass is 9.97. The Morgan fingerprint density at radius 1 is 1.03 bits per heavy atom. The Kier molecular flexibility index (Phi) is 7.64. The predicted octanol–water partition coefficient (Wildman–Crippen LogP) is 5.21. The van der Waals surface area contributed by atoms with E-state index in [2.05, 4.69) is 55.3 Å². The molecule has 1 aromatic carbocycles. The van der Waals surface area contributed by atoms with E-state index in [4.69, 9.17) is 4.98 Å². The first-order chi connectivity index (χ1) is 17.1. The fourth-order valence-electron chi connectivity index (χ4n) is 4.08. The van der Waals surface area contributed by atoms with Crippen LogP contribution < -0.4 is 15.1 Å². The van der Waals surface area contributed by atoms with Crippen LogP contribution in [0, 0.1) is 5.41 Å². The molecule has 0 radical (unpaired) electrons. The molecule has 0 unspecified atom stereocenters. The van der Waals surface area contributed by atoms with E-state index < -0.39 is 0 Å². The summed E-state index contributed by atoms with van der Waals surface area (Å²) >= 11 is 1.49. The second-order valence-electron chi connectivity index (χ2n) is 10.4. The number of aromatic nitrogens is 1. The highest BCUT2D eigenvalue weighted by Crippen LogP contribution is 2.30. The van der Waals surface area contributed by atoms with Crippen molar-refractivity contribution in [3.05, 3.63) is 58.8 Å². The molecule has 2 amide bonds. The molecule has 4 rings (SSSR count). The van der Waals surface area contributed by atoms with Gasteiger partial charge in [-0.2, -0.15) is 0 Å². The van der Waals surface area contributed by atoms with Gasteiger partial charge in [0.2, 0.25) is 5.91 Å². The van der Waals surface area contributed by atoms with Gasteiger partial charge < -0.3 is 15.1 Å². The number of amides is 2. The average molecular weight is 506 g/mol. The van der Waals surface area contributed by atoms with Crippen LogP contribution in [0.4, 0.5) is 17.2 Å². The third-order valence-electron chi connectivity index (χ3n) is 6.30. The van der Waals surface area contributed by atoms with Gasteiger partial charge in [-0.15, -0.1) is 11.3 Å². The van der Waals surface area contributed by atoms with Gasteiger partial charge in [0, 0.05) is 57.9 Å². The van der Waals surface area contributed by atoms with Gasteiger partial charge in [0.25, 0.3) is 5.91 Å². The minimum absolute atomic E-state index is 0.0643. The van der Waals surface area contributed by atoms with Gasteiger partial charge in [0.05, 0.1) is 16.3 Å². The summed E-state index contributed by atoms with van der Waals surface area (Å²) in [5.74, 6) is 0.684. The number of piperazine rings is 1. The SMILES string of the molecule is CC(=O)N(C)c1nc(-c2ccc(N3CCN(C(=O)c4cccs4)CC3)cc2)ccc1NCC(C)(C)C. The van der Waals surface area contributed by atoms with Crippen molar-refractivity contribution in [2.75, 3.05) is 54.9 Å². The van der Waals surface area contributed by atoms with Gasteiger partial charge in [0.1, 0.15) is 0 Å². The number of pyridine rings is 1. The highest BCUT2D eigenvalue weighted by Gasteiger charge is 2.23. The molecule has 3 aromatic rings. The van der Waals surface area contributed by atoms with Gasteiger partial charge in [-0.3, -0.25) is 14.5 Å². The smallest absolute Gasteiger partial charge is 0.264 e. The van der Waals surface area contributed by atoms with Crippen LogP contribution in [-0.4, -0.2) is 61.5 Å². The molecule has 8 heteroatoms. The number of hydrogen-bond acceptors (Lipinski definition) is 6. The number of thiophene rings is 1. The summed E-state index contributed by atoms with van der Waals surface area (Å²) in [5, 5.41) is 5.39. The van der Waals surface area contributed by atoms with E-state index in [0.717, 1.165) is 47.1 Å². The average Bonchev–Trinajstić information content (AvgIpc) is 3.41. The lowest BCUT2D eigenvalue weighted by molar-refractivity contribution is -0.116. The highest BCUT2D eigenvalue weighted by molar-refractivity contribution is 7.12. The lowest BCUT2D eigenvalue weighted by Crippen LogP contribution is -2.48. The molecule has 1 aliphatic rings. The molecule has 0 saturated carbocycles. The van der Waals surface area contributed by atoms with Crippen LogP contribution in [-0.2, 0) is 4.79 Å². The quantitative estimate of drug-likeness (QED) is 0.498. The Morgan fingerprint density at radius 2 is 1.72 bits per heavy atom. The van der Waals surface area contributed by atoms with E-state index in [9.17, 15) is 9.59 Å². The molecule has 1 aliphatic heterocycles. The van der Waals surface area contributed by atoms with Crippen molar-refractivity contribution in [2.24, 2.45) is 5.41 Å². The van der Waals surface area contributed by atoms with E-state index >= 15 is 0 Å². The van der Waals surface area contributed by atoms with Gasteiger partial charge >= 0.3 is 0 Å². The maximum absolute atomic E-state index is 12.6. The summed E-state index contributed by atoms with van der Waals surface area (Å²) in [4.78, 5) is 36.2. The molecule has 3 heterocycles. The van der Waals surface area contributed by atoms with Crippen molar-refractivity contribution >= 4 is 40.3 Å². The van der Waals surface area contributed by atoms with Crippen LogP contribution in [0.1, 0.15) is 37.4 Å². The van der Waals surface area contributed by atoms with E-state index in [0.29, 0.717) is 18.9 Å². The Labute approximate surface area is 217 Å². The molecule has 0 aliphatic carbocycles. The topological polar surface area (TPSA) is 68.8 Å². The summed E-state index contributed by atoms with van der Waals surface area (Å²) in [6.45, 7) is 11.8. The van der Waals surface area contributed by atoms with Gasteiger partial charge in [0.15, 0.2) is 5.82 Å². The molecular formula is C28H35N5O2S. The maximum Gasteiger partial charge on any atom is 0.264 e. The zero-order valence-electron chi connectivity index (χ0n) is 21.7. The molecule has 1 fully saturated rings. The fraction of sp³-hybridized carbons (Fsp3) is 0.393. The van der Waals surface area contributed by atoms with Gasteiger partial charge in [-0.05, 0) is 41.1 Å². The molecular weight excluding hydrogens is 470 g/mol. The molecule has 7 nitrogen and oxygen atoms in total. The Hall–Kier alpha value is -3.39. The molecule has 1 saturated heterocycles. The lowest BCUT2D eigenvalue weighted by Gasteiger charge is -2.36. The van der Waals surface area contributed by atoms with Crippen molar-refractivity contribution in [1.29, 1.82) is 0 Å². The summed E-state index contributed by atoms with van der Waals surface area (Å²) < 4.78 is 0. The van der Waals surface area contributed by atoms with Crippen molar-refractivity contribution in [1.82, 2.24) is 9.88 Å². The van der Waals surface area contributed by atoms with E-state index in [1.807, 2.05) is 34.5 Å². The number of benzene rings is 1. The zero-order valence-corrected chi connectivity index (χ0v) is 22.6. The number of carbonyl (C=O) groups excluding carboxylic acids is 2. The van der Waals surface area contributed by atoms with Gasteiger partial charge in [-0.25, -0.2) is 4.98 Å². The standard InChI is InChI=1S/C28H35N5O2S/c1-20(34)31(5)26-24(29-19-28(2,3)4)13-12-23(30-26)21-8-10-22(11-9-21)32-14-16-33(17-15-32)27(35)25-7-6-18-36-25/h6-13,18,29H,14-17,19H2,1-5H3. The first-order valence-electron chi connectivity index (χ1n) is 12.3. The zero-order chi connectivity index (χ0) is 25.9. The van der Waals surface area contributed by atoms with Crippen LogP contribution in [0.3, 0.4) is 0 Å². The number of carbonyl (C=O) groups is 2. The van der Waals surface area contributed by atoms with Crippen LogP contribution >= 0.6 is 11.3 Å². The van der Waals surface area contributed by atoms with Crippen molar-refractivity contribution in [2.45, 2.75) is 27.7 Å². The third-order valence-corrected chi connectivity index (χ3v) is 7.16. The van der Waals surface area contributed by atoms with Crippen LogP contribution in [0.5, 0.6) is 0 Å². The fourth-order valence-corrected chi connectivity index (χ4v) is 4.77. The van der Waals surface area contributed by atoms with Crippen LogP contribution in [0.25, 0.3) is 11.3 Å². The van der Waals surface area contributed by atoms with E-state index in [1.54, 1.807) is 18.9 Å². The maximum atomic E-state index is 12.6. The second kappa shape index (κ2) is 10.7. The number of hydrogen-bond donors (Lipinski definition) is 1. The summed E-state index contributed by atoms with van der Waals surface area (Å²) in [5.41, 5.74) is 3.89. The third kappa shape index (κ3) is 6.05. The molecule has 36 heavy (non-hydrogen) atoms. The first-order valence-corrected chi connectivity index (χ1v) is 13.2. The molecule has 0 atom stereocenters. The Bertz CT molecular complexity index is 1190.